The van der Waals surface area contributed by atoms with Crippen LogP contribution in [0.1, 0.15) is 10.4 Å². The van der Waals surface area contributed by atoms with Gasteiger partial charge in [-0.3, -0.25) is 4.79 Å². The minimum absolute atomic E-state index is 0.00253. The average Bonchev–Trinajstić information content (AvgIpc) is 2.46. The Hall–Kier alpha value is -1.36. The van der Waals surface area contributed by atoms with Gasteiger partial charge in [-0.1, -0.05) is 0 Å². The number of ketones is 1. The van der Waals surface area contributed by atoms with Gasteiger partial charge in [-0.25, -0.2) is 8.42 Å². The van der Waals surface area contributed by atoms with Crippen molar-refractivity contribution in [1.82, 2.24) is 0 Å². The lowest BCUT2D eigenvalue weighted by Crippen LogP contribution is -2.01. The molecule has 5 heteroatoms. The summed E-state index contributed by atoms with van der Waals surface area (Å²) in [7, 11) is -3.26. The van der Waals surface area contributed by atoms with E-state index in [9.17, 15) is 13.2 Å². The third-order valence-corrected chi connectivity index (χ3v) is 3.15. The summed E-state index contributed by atoms with van der Waals surface area (Å²) < 4.78 is 27.4. The van der Waals surface area contributed by atoms with Crippen molar-refractivity contribution in [1.29, 1.82) is 0 Å². The van der Waals surface area contributed by atoms with E-state index in [4.69, 9.17) is 4.74 Å². The Labute approximate surface area is 81.4 Å². The fourth-order valence-corrected chi connectivity index (χ4v) is 1.95. The summed E-state index contributed by atoms with van der Waals surface area (Å²) >= 11 is 0. The van der Waals surface area contributed by atoms with E-state index < -0.39 is 9.84 Å². The number of hydrogen-bond acceptors (Lipinski definition) is 4. The molecule has 0 bridgehead atoms. The lowest BCUT2D eigenvalue weighted by atomic mass is 10.1. The molecular formula is C9H8O4S. The molecule has 1 aromatic rings. The van der Waals surface area contributed by atoms with Crippen LogP contribution in [0.5, 0.6) is 5.75 Å². The Bertz CT molecular complexity index is 502. The molecule has 0 fully saturated rings. The summed E-state index contributed by atoms with van der Waals surface area (Å²) in [5.41, 5.74) is 0.355. The number of Topliss-reactive ketones (excluding diaryl/α,β-unsaturated/α-hetero) is 1. The van der Waals surface area contributed by atoms with E-state index in [2.05, 4.69) is 0 Å². The highest BCUT2D eigenvalue weighted by Gasteiger charge is 2.22. The van der Waals surface area contributed by atoms with E-state index in [-0.39, 0.29) is 17.3 Å². The van der Waals surface area contributed by atoms with Crippen LogP contribution in [-0.2, 0) is 9.84 Å². The Morgan fingerprint density at radius 2 is 2.07 bits per heavy atom. The second-order valence-corrected chi connectivity index (χ2v) is 5.16. The van der Waals surface area contributed by atoms with Crippen molar-refractivity contribution in [2.75, 3.05) is 12.9 Å². The number of fused-ring (bicyclic) bond motifs is 1. The van der Waals surface area contributed by atoms with Crippen molar-refractivity contribution >= 4 is 15.6 Å². The molecule has 0 radical (unpaired) electrons. The third-order valence-electron chi connectivity index (χ3n) is 2.04. The SMILES string of the molecule is CS(=O)(=O)c1ccc2c(c1)C(=O)CO2. The first kappa shape index (κ1) is 9.21. The summed E-state index contributed by atoms with van der Waals surface area (Å²) in [4.78, 5) is 11.4. The summed E-state index contributed by atoms with van der Waals surface area (Å²) in [6.07, 6.45) is 1.11. The fourth-order valence-electron chi connectivity index (χ4n) is 1.30. The van der Waals surface area contributed by atoms with Gasteiger partial charge in [0.25, 0.3) is 0 Å². The molecule has 0 amide bonds. The lowest BCUT2D eigenvalue weighted by Gasteiger charge is -2.00. The van der Waals surface area contributed by atoms with Crippen LogP contribution < -0.4 is 4.74 Å². The van der Waals surface area contributed by atoms with Gasteiger partial charge >= 0.3 is 0 Å². The van der Waals surface area contributed by atoms with E-state index >= 15 is 0 Å². The predicted molar refractivity (Wildman–Crippen MR) is 49.4 cm³/mol. The molecule has 0 unspecified atom stereocenters. The number of rotatable bonds is 1. The van der Waals surface area contributed by atoms with Gasteiger partial charge in [0.05, 0.1) is 10.5 Å². The standard InChI is InChI=1S/C9H8O4S/c1-14(11,12)6-2-3-9-7(4-6)8(10)5-13-9/h2-4H,5H2,1H3. The van der Waals surface area contributed by atoms with Crippen molar-refractivity contribution in [3.05, 3.63) is 23.8 Å². The first-order valence-electron chi connectivity index (χ1n) is 3.98. The smallest absolute Gasteiger partial charge is 0.203 e. The van der Waals surface area contributed by atoms with Crippen LogP contribution in [0.25, 0.3) is 0 Å². The van der Waals surface area contributed by atoms with Crippen LogP contribution in [0.15, 0.2) is 23.1 Å². The molecule has 1 aliphatic rings. The molecule has 4 nitrogen and oxygen atoms in total. The van der Waals surface area contributed by atoms with Crippen molar-refractivity contribution in [3.63, 3.8) is 0 Å². The first-order valence-corrected chi connectivity index (χ1v) is 5.88. The number of sulfone groups is 1. The normalized spacial score (nSPS) is 15.1. The number of benzene rings is 1. The van der Waals surface area contributed by atoms with Gasteiger partial charge < -0.3 is 4.74 Å². The molecule has 0 aliphatic carbocycles. The molecule has 14 heavy (non-hydrogen) atoms. The maximum Gasteiger partial charge on any atom is 0.203 e. The van der Waals surface area contributed by atoms with E-state index in [0.29, 0.717) is 11.3 Å². The molecule has 1 heterocycles. The van der Waals surface area contributed by atoms with Gasteiger partial charge in [-0.05, 0) is 18.2 Å². The van der Waals surface area contributed by atoms with Gasteiger partial charge in [0.15, 0.2) is 16.4 Å². The van der Waals surface area contributed by atoms with Crippen LogP contribution in [0.3, 0.4) is 0 Å². The molecule has 74 valence electrons. The van der Waals surface area contributed by atoms with E-state index in [0.717, 1.165) is 6.26 Å². The third kappa shape index (κ3) is 1.39. The van der Waals surface area contributed by atoms with Crippen LogP contribution >= 0.6 is 0 Å². The highest BCUT2D eigenvalue weighted by molar-refractivity contribution is 7.90. The molecular weight excluding hydrogens is 204 g/mol. The average molecular weight is 212 g/mol. The number of carbonyl (C=O) groups excluding carboxylic acids is 1. The van der Waals surface area contributed by atoms with Crippen molar-refractivity contribution in [2.45, 2.75) is 4.90 Å². The Morgan fingerprint density at radius 1 is 1.36 bits per heavy atom. The molecule has 0 saturated carbocycles. The Balaban J connectivity index is 2.61. The van der Waals surface area contributed by atoms with Crippen molar-refractivity contribution in [2.24, 2.45) is 0 Å². The summed E-state index contributed by atoms with van der Waals surface area (Å²) in [5.74, 6) is 0.285. The Morgan fingerprint density at radius 3 is 2.71 bits per heavy atom. The van der Waals surface area contributed by atoms with Crippen molar-refractivity contribution < 1.29 is 17.9 Å². The highest BCUT2D eigenvalue weighted by atomic mass is 32.2. The zero-order chi connectivity index (χ0) is 10.3. The van der Waals surface area contributed by atoms with E-state index in [1.807, 2.05) is 0 Å². The predicted octanol–water partition coefficient (Wildman–Crippen LogP) is 0.665. The summed E-state index contributed by atoms with van der Waals surface area (Å²) in [6.45, 7) is 0.00253. The molecule has 0 atom stereocenters. The zero-order valence-electron chi connectivity index (χ0n) is 7.48. The van der Waals surface area contributed by atoms with Gasteiger partial charge in [0.2, 0.25) is 5.78 Å². The summed E-state index contributed by atoms with van der Waals surface area (Å²) in [5, 5.41) is 0. The monoisotopic (exact) mass is 212 g/mol. The number of carbonyl (C=O) groups is 1. The molecule has 0 saturated heterocycles. The zero-order valence-corrected chi connectivity index (χ0v) is 8.30. The van der Waals surface area contributed by atoms with Gasteiger partial charge in [0.1, 0.15) is 5.75 Å². The fraction of sp³-hybridized carbons (Fsp3) is 0.222. The van der Waals surface area contributed by atoms with Crippen LogP contribution in [0.4, 0.5) is 0 Å². The van der Waals surface area contributed by atoms with Crippen LogP contribution in [0.2, 0.25) is 0 Å². The number of hydrogen-bond donors (Lipinski definition) is 0. The molecule has 0 N–H and O–H groups in total. The molecule has 2 rings (SSSR count). The van der Waals surface area contributed by atoms with Crippen LogP contribution in [0, 0.1) is 0 Å². The topological polar surface area (TPSA) is 60.4 Å². The summed E-state index contributed by atoms with van der Waals surface area (Å²) in [6, 6.07) is 4.31. The molecule has 1 aliphatic heterocycles. The van der Waals surface area contributed by atoms with E-state index in [1.54, 1.807) is 0 Å². The van der Waals surface area contributed by atoms with Gasteiger partial charge in [-0.15, -0.1) is 0 Å². The number of ether oxygens (including phenoxy) is 1. The second kappa shape index (κ2) is 2.81. The minimum atomic E-state index is -3.26. The maximum atomic E-state index is 11.2. The van der Waals surface area contributed by atoms with Crippen LogP contribution in [-0.4, -0.2) is 27.1 Å². The quantitative estimate of drug-likeness (QED) is 0.686. The highest BCUT2D eigenvalue weighted by Crippen LogP contribution is 2.27. The Kier molecular flexibility index (Phi) is 1.85. The largest absolute Gasteiger partial charge is 0.485 e. The molecule has 0 spiro atoms. The second-order valence-electron chi connectivity index (χ2n) is 3.14. The van der Waals surface area contributed by atoms with E-state index in [1.165, 1.54) is 18.2 Å². The van der Waals surface area contributed by atoms with Gasteiger partial charge in [-0.2, -0.15) is 0 Å². The lowest BCUT2D eigenvalue weighted by molar-refractivity contribution is 0.0961. The molecule has 1 aromatic carbocycles. The maximum absolute atomic E-state index is 11.2. The first-order chi connectivity index (χ1) is 6.48. The van der Waals surface area contributed by atoms with Gasteiger partial charge in [0, 0.05) is 6.26 Å². The molecule has 0 aromatic heterocycles. The van der Waals surface area contributed by atoms with Crippen molar-refractivity contribution in [3.8, 4) is 5.75 Å². The minimum Gasteiger partial charge on any atom is -0.485 e.